The van der Waals surface area contributed by atoms with E-state index in [0.717, 1.165) is 17.2 Å². The Kier molecular flexibility index (Phi) is 9.23. The number of phosphoric ester groups is 3. The number of ketones is 1. The van der Waals surface area contributed by atoms with Crippen molar-refractivity contribution in [2.45, 2.75) is 54.5 Å². The molecule has 0 bridgehead atoms. The molecular formula is C22H28N7O18P3. The number of nitrogens with zero attached hydrogens (tertiary/aromatic N) is 5. The minimum absolute atomic E-state index is 0.0138. The maximum absolute atomic E-state index is 12.9. The fourth-order valence-electron chi connectivity index (χ4n) is 5.66. The molecule has 2 aromatic heterocycles. The lowest BCUT2D eigenvalue weighted by Crippen LogP contribution is -2.40. The Bertz CT molecular complexity index is 1940. The van der Waals surface area contributed by atoms with Crippen LogP contribution in [-0.2, 0) is 50.6 Å². The monoisotopic (exact) mass is 771 g/mol. The second-order valence-corrected chi connectivity index (χ2v) is 15.5. The lowest BCUT2D eigenvalue weighted by molar-refractivity contribution is -0.138. The second kappa shape index (κ2) is 12.6. The van der Waals surface area contributed by atoms with Gasteiger partial charge in [0.15, 0.2) is 41.2 Å². The quantitative estimate of drug-likeness (QED) is 0.0903. The van der Waals surface area contributed by atoms with Gasteiger partial charge in [-0.3, -0.25) is 27.7 Å². The van der Waals surface area contributed by atoms with Crippen LogP contribution in [0, 0.1) is 0 Å². The van der Waals surface area contributed by atoms with Crippen molar-refractivity contribution in [3.63, 3.8) is 0 Å². The van der Waals surface area contributed by atoms with Crippen molar-refractivity contribution in [3.05, 3.63) is 36.7 Å². The van der Waals surface area contributed by atoms with Crippen LogP contribution in [0.25, 0.3) is 11.2 Å². The number of anilines is 1. The number of phosphoric acid groups is 3. The maximum atomic E-state index is 12.9. The van der Waals surface area contributed by atoms with Crippen LogP contribution < -0.4 is 11.5 Å². The Morgan fingerprint density at radius 1 is 1.06 bits per heavy atom. The number of fused-ring (bicyclic) bond motifs is 2. The highest BCUT2D eigenvalue weighted by Gasteiger charge is 2.90. The fraction of sp³-hybridized carbons (Fsp3) is 0.500. The molecule has 3 aliphatic heterocycles. The summed E-state index contributed by atoms with van der Waals surface area (Å²) >= 11 is 0. The van der Waals surface area contributed by atoms with Crippen molar-refractivity contribution in [2.75, 3.05) is 18.9 Å². The van der Waals surface area contributed by atoms with Gasteiger partial charge in [-0.15, -0.1) is 0 Å². The molecule has 4 aliphatic rings. The van der Waals surface area contributed by atoms with Gasteiger partial charge in [-0.05, 0) is 6.42 Å². The predicted octanol–water partition coefficient (Wildman–Crippen LogP) is -3.25. The maximum Gasteiger partial charge on any atom is 0.481 e. The second-order valence-electron chi connectivity index (χ2n) is 11.2. The van der Waals surface area contributed by atoms with Crippen molar-refractivity contribution in [1.29, 1.82) is 0 Å². The Labute approximate surface area is 278 Å². The number of carbonyl (C=O) groups excluding carboxylic acids is 2. The fourth-order valence-corrected chi connectivity index (χ4v) is 8.32. The normalized spacial score (nSPS) is 34.7. The van der Waals surface area contributed by atoms with E-state index in [0.29, 0.717) is 0 Å². The Morgan fingerprint density at radius 3 is 2.44 bits per heavy atom. The number of rotatable bonds is 13. The number of hydrogen-bond donors (Lipinski definition) is 9. The highest BCUT2D eigenvalue weighted by atomic mass is 31.3. The average molecular weight is 771 g/mol. The third-order valence-electron chi connectivity index (χ3n) is 8.08. The molecule has 0 spiro atoms. The first-order valence-electron chi connectivity index (χ1n) is 13.9. The van der Waals surface area contributed by atoms with E-state index in [2.05, 4.69) is 32.8 Å². The first kappa shape index (κ1) is 36.7. The molecule has 50 heavy (non-hydrogen) atoms. The molecule has 1 aliphatic carbocycles. The van der Waals surface area contributed by atoms with Gasteiger partial charge in [0.1, 0.15) is 30.2 Å². The highest BCUT2D eigenvalue weighted by molar-refractivity contribution is 7.61. The first-order valence-corrected chi connectivity index (χ1v) is 18.5. The summed E-state index contributed by atoms with van der Waals surface area (Å²) in [5.41, 5.74) is 5.50. The van der Waals surface area contributed by atoms with Crippen LogP contribution in [0.2, 0.25) is 0 Å². The van der Waals surface area contributed by atoms with E-state index in [9.17, 15) is 58.2 Å². The molecule has 0 radical (unpaired) electrons. The lowest BCUT2D eigenvalue weighted by atomic mass is 10.1. The molecule has 2 saturated heterocycles. The smallest absolute Gasteiger partial charge is 0.387 e. The zero-order chi connectivity index (χ0) is 36.6. The highest BCUT2D eigenvalue weighted by Crippen LogP contribution is 2.66. The van der Waals surface area contributed by atoms with Gasteiger partial charge in [0.2, 0.25) is 11.7 Å². The van der Waals surface area contributed by atoms with Crippen LogP contribution in [0.1, 0.15) is 12.6 Å². The van der Waals surface area contributed by atoms with Gasteiger partial charge >= 0.3 is 23.5 Å². The van der Waals surface area contributed by atoms with E-state index in [1.165, 1.54) is 23.4 Å². The first-order chi connectivity index (χ1) is 23.2. The van der Waals surface area contributed by atoms with Crippen molar-refractivity contribution in [2.24, 2.45) is 5.73 Å². The summed E-state index contributed by atoms with van der Waals surface area (Å²) in [6, 6.07) is 0. The molecule has 1 amide bonds. The Balaban J connectivity index is 1.12. The van der Waals surface area contributed by atoms with Gasteiger partial charge in [-0.2, -0.15) is 4.31 Å². The summed E-state index contributed by atoms with van der Waals surface area (Å²) in [7, 11) is -16.8. The molecule has 28 heteroatoms. The van der Waals surface area contributed by atoms with E-state index in [1.807, 2.05) is 0 Å². The van der Waals surface area contributed by atoms with Gasteiger partial charge in [-0.25, -0.2) is 28.6 Å². The number of ether oxygens (including phenoxy) is 2. The van der Waals surface area contributed by atoms with Gasteiger partial charge in [0.25, 0.3) is 0 Å². The summed E-state index contributed by atoms with van der Waals surface area (Å²) in [6.07, 6.45) is -3.82. The van der Waals surface area contributed by atoms with Crippen molar-refractivity contribution in [1.82, 2.24) is 24.4 Å². The van der Waals surface area contributed by atoms with E-state index >= 15 is 0 Å². The number of imidazole rings is 1. The molecule has 1 saturated carbocycles. The zero-order valence-corrected chi connectivity index (χ0v) is 27.5. The van der Waals surface area contributed by atoms with Crippen LogP contribution in [0.5, 0.6) is 0 Å². The van der Waals surface area contributed by atoms with Crippen LogP contribution in [0.15, 0.2) is 36.7 Å². The molecule has 2 unspecified atom stereocenters. The van der Waals surface area contributed by atoms with E-state index in [-0.39, 0.29) is 29.0 Å². The standard InChI is InChI=1S/C22H28N7O18P3/c23-15-11-17(26-7-25-15)29(8-27-11)19-14(46-48(35,36)37)22(34)20(33)21(22,45-19)6-43-50(40,41)47-49(38,39)42-5-10-12(30)13(31)18(44-10)28-3-1-2-9(4-28)16(24)32/h1,3-4,7-8,10,12-14,18-19,30-31,34H,2,5-6H2,(H2,24,32)(H,38,39)(H,40,41)(H2,23,25,26)(H2,35,36,37)/t10-,12-,13-,14+,18-,19-,21+,22+/m1/s1. The number of allylic oxidation sites excluding steroid dienone is 1. The minimum atomic E-state index is -5.72. The minimum Gasteiger partial charge on any atom is -0.387 e. The summed E-state index contributed by atoms with van der Waals surface area (Å²) in [6.45, 7) is -2.41. The molecule has 10 atom stereocenters. The summed E-state index contributed by atoms with van der Waals surface area (Å²) in [5, 5.41) is 32.0. The average Bonchev–Trinajstić information content (AvgIpc) is 3.41. The summed E-state index contributed by atoms with van der Waals surface area (Å²) in [5.74, 6) is -2.19. The van der Waals surface area contributed by atoms with E-state index in [1.54, 1.807) is 0 Å². The van der Waals surface area contributed by atoms with Gasteiger partial charge in [0, 0.05) is 18.0 Å². The van der Waals surface area contributed by atoms with Gasteiger partial charge < -0.3 is 60.7 Å². The van der Waals surface area contributed by atoms with Crippen molar-refractivity contribution >= 4 is 52.1 Å². The van der Waals surface area contributed by atoms with Crippen LogP contribution in [0.3, 0.4) is 0 Å². The molecule has 274 valence electrons. The van der Waals surface area contributed by atoms with Gasteiger partial charge in [0.05, 0.1) is 19.5 Å². The Hall–Kier alpha value is -3.06. The molecule has 25 nitrogen and oxygen atoms in total. The summed E-state index contributed by atoms with van der Waals surface area (Å²) in [4.78, 5) is 76.6. The van der Waals surface area contributed by atoms with Crippen molar-refractivity contribution in [3.8, 4) is 0 Å². The number of aromatic nitrogens is 4. The number of aliphatic hydroxyl groups is 3. The molecular weight excluding hydrogens is 743 g/mol. The topological polar surface area (TPSA) is 381 Å². The predicted molar refractivity (Wildman–Crippen MR) is 156 cm³/mol. The molecule has 5 heterocycles. The van der Waals surface area contributed by atoms with Gasteiger partial charge in [-0.1, -0.05) is 6.08 Å². The lowest BCUT2D eigenvalue weighted by Gasteiger charge is -2.28. The largest absolute Gasteiger partial charge is 0.481 e. The number of nitrogen functional groups attached to an aromatic ring is 1. The number of Topliss-reactive ketones (excluding diaryl/α,β-unsaturated/α-hetero) is 1. The van der Waals surface area contributed by atoms with Crippen LogP contribution in [-0.4, -0.2) is 126 Å². The van der Waals surface area contributed by atoms with Crippen LogP contribution in [0.4, 0.5) is 5.82 Å². The van der Waals surface area contributed by atoms with Crippen molar-refractivity contribution < 1.29 is 85.5 Å². The molecule has 0 aromatic carbocycles. The van der Waals surface area contributed by atoms with Crippen LogP contribution >= 0.6 is 23.5 Å². The number of carbonyl (C=O) groups is 2. The number of primary amides is 1. The SMILES string of the molecule is NC(=O)C1=CN([C@@H]2O[C@H](COP(=O)(O)OP(=O)(O)OC[C@@]34O[C@@H](n5cnc6c(N)ncnc65)[C@H](OP(=O)(O)O)[C@]3(O)C4=O)[C@@H](O)[C@H]2O)C=CC1. The summed E-state index contributed by atoms with van der Waals surface area (Å²) < 4.78 is 67.4. The van der Waals surface area contributed by atoms with E-state index < -0.39 is 96.4 Å². The molecule has 3 fully saturated rings. The number of nitrogens with two attached hydrogens (primary N) is 2. The third-order valence-corrected chi connectivity index (χ3v) is 11.2. The zero-order valence-electron chi connectivity index (χ0n) is 24.8. The number of aliphatic hydroxyl groups excluding tert-OH is 2. The number of hydrogen-bond acceptors (Lipinski definition) is 19. The molecule has 6 rings (SSSR count). The Morgan fingerprint density at radius 2 is 1.76 bits per heavy atom. The number of amides is 1. The van der Waals surface area contributed by atoms with E-state index in [4.69, 9.17) is 20.9 Å². The molecule has 11 N–H and O–H groups in total. The molecule has 2 aromatic rings. The third kappa shape index (κ3) is 6.45.